The highest BCUT2D eigenvalue weighted by molar-refractivity contribution is 6.32. The van der Waals surface area contributed by atoms with Crippen LogP contribution in [-0.2, 0) is 9.59 Å². The molecule has 6 heteroatoms. The van der Waals surface area contributed by atoms with Gasteiger partial charge < -0.3 is 15.2 Å². The van der Waals surface area contributed by atoms with Gasteiger partial charge in [-0.25, -0.2) is 0 Å². The molecule has 1 fully saturated rings. The number of rotatable bonds is 6. The third-order valence-electron chi connectivity index (χ3n) is 3.22. The van der Waals surface area contributed by atoms with Gasteiger partial charge in [0.1, 0.15) is 5.75 Å². The van der Waals surface area contributed by atoms with Gasteiger partial charge in [0.2, 0.25) is 5.91 Å². The fraction of sp³-hybridized carbons (Fsp3) is 0.467. The molecular weight excluding hydrogens is 294 g/mol. The van der Waals surface area contributed by atoms with Crippen LogP contribution >= 0.6 is 11.6 Å². The number of carboxylic acids is 1. The maximum atomic E-state index is 11.9. The van der Waals surface area contributed by atoms with E-state index < -0.39 is 17.8 Å². The number of anilines is 1. The van der Waals surface area contributed by atoms with Crippen molar-refractivity contribution in [2.45, 2.75) is 20.3 Å². The van der Waals surface area contributed by atoms with Gasteiger partial charge >= 0.3 is 5.97 Å². The third-order valence-corrected chi connectivity index (χ3v) is 3.51. The molecule has 21 heavy (non-hydrogen) atoms. The maximum absolute atomic E-state index is 11.9. The molecule has 0 radical (unpaired) electrons. The summed E-state index contributed by atoms with van der Waals surface area (Å²) in [7, 11) is 0. The molecule has 2 rings (SSSR count). The molecule has 2 atom stereocenters. The molecule has 1 saturated carbocycles. The maximum Gasteiger partial charge on any atom is 0.307 e. The Kier molecular flexibility index (Phi) is 4.73. The van der Waals surface area contributed by atoms with E-state index in [0.29, 0.717) is 35.4 Å². The second kappa shape index (κ2) is 6.35. The Morgan fingerprint density at radius 3 is 2.67 bits per heavy atom. The molecule has 0 heterocycles. The zero-order valence-electron chi connectivity index (χ0n) is 11.9. The van der Waals surface area contributed by atoms with Gasteiger partial charge in [0, 0.05) is 5.69 Å². The standard InChI is InChI=1S/C15H18ClNO4/c1-8(2)7-21-13-4-3-9(5-12(13)16)17-14(18)10-6-11(10)15(19)20/h3-5,8,10-11H,6-7H2,1-2H3,(H,17,18)(H,19,20). The smallest absolute Gasteiger partial charge is 0.307 e. The van der Waals surface area contributed by atoms with E-state index >= 15 is 0 Å². The lowest BCUT2D eigenvalue weighted by molar-refractivity contribution is -0.139. The quantitative estimate of drug-likeness (QED) is 0.846. The third kappa shape index (κ3) is 4.11. The Labute approximate surface area is 128 Å². The van der Waals surface area contributed by atoms with E-state index in [-0.39, 0.29) is 5.91 Å². The van der Waals surface area contributed by atoms with Crippen molar-refractivity contribution >= 4 is 29.2 Å². The Bertz CT molecular complexity index is 559. The largest absolute Gasteiger partial charge is 0.492 e. The minimum Gasteiger partial charge on any atom is -0.492 e. The summed E-state index contributed by atoms with van der Waals surface area (Å²) >= 11 is 6.10. The fourth-order valence-electron chi connectivity index (χ4n) is 1.94. The van der Waals surface area contributed by atoms with E-state index in [1.165, 1.54) is 0 Å². The minimum absolute atomic E-state index is 0.283. The molecule has 1 aliphatic rings. The second-order valence-corrected chi connectivity index (χ2v) is 6.03. The van der Waals surface area contributed by atoms with Crippen LogP contribution in [0.25, 0.3) is 0 Å². The van der Waals surface area contributed by atoms with E-state index in [1.807, 2.05) is 13.8 Å². The minimum atomic E-state index is -0.925. The zero-order valence-corrected chi connectivity index (χ0v) is 12.7. The van der Waals surface area contributed by atoms with Crippen molar-refractivity contribution in [2.24, 2.45) is 17.8 Å². The molecule has 2 N–H and O–H groups in total. The molecule has 5 nitrogen and oxygen atoms in total. The van der Waals surface area contributed by atoms with Crippen molar-refractivity contribution in [3.8, 4) is 5.75 Å². The Morgan fingerprint density at radius 2 is 2.14 bits per heavy atom. The highest BCUT2D eigenvalue weighted by Crippen LogP contribution is 2.39. The summed E-state index contributed by atoms with van der Waals surface area (Å²) in [5.74, 6) is -1.26. The molecule has 1 aromatic carbocycles. The van der Waals surface area contributed by atoms with Gasteiger partial charge in [-0.2, -0.15) is 0 Å². The lowest BCUT2D eigenvalue weighted by Gasteiger charge is -2.11. The van der Waals surface area contributed by atoms with Crippen LogP contribution in [0.3, 0.4) is 0 Å². The monoisotopic (exact) mass is 311 g/mol. The van der Waals surface area contributed by atoms with Crippen LogP contribution in [0.4, 0.5) is 5.69 Å². The molecule has 0 aromatic heterocycles. The number of nitrogens with one attached hydrogen (secondary N) is 1. The van der Waals surface area contributed by atoms with Crippen LogP contribution < -0.4 is 10.1 Å². The SMILES string of the molecule is CC(C)COc1ccc(NC(=O)C2CC2C(=O)O)cc1Cl. The van der Waals surface area contributed by atoms with Crippen LogP contribution in [0.2, 0.25) is 5.02 Å². The summed E-state index contributed by atoms with van der Waals surface area (Å²) in [6, 6.07) is 4.99. The molecule has 114 valence electrons. The first kappa shape index (κ1) is 15.6. The van der Waals surface area contributed by atoms with Crippen molar-refractivity contribution in [3.05, 3.63) is 23.2 Å². The first-order valence-corrected chi connectivity index (χ1v) is 7.22. The predicted molar refractivity (Wildman–Crippen MR) is 79.6 cm³/mol. The molecule has 1 amide bonds. The molecule has 1 aromatic rings. The number of hydrogen-bond acceptors (Lipinski definition) is 3. The predicted octanol–water partition coefficient (Wildman–Crippen LogP) is 3.03. The van der Waals surface area contributed by atoms with Gasteiger partial charge in [0.25, 0.3) is 0 Å². The molecular formula is C15H18ClNO4. The number of ether oxygens (including phenoxy) is 1. The van der Waals surface area contributed by atoms with Crippen LogP contribution in [0.1, 0.15) is 20.3 Å². The number of amides is 1. The number of hydrogen-bond donors (Lipinski definition) is 2. The van der Waals surface area contributed by atoms with Gasteiger partial charge in [-0.15, -0.1) is 0 Å². The average Bonchev–Trinajstić information content (AvgIpc) is 3.17. The van der Waals surface area contributed by atoms with Crippen molar-refractivity contribution < 1.29 is 19.4 Å². The molecule has 0 aliphatic heterocycles. The van der Waals surface area contributed by atoms with Crippen LogP contribution in [0.5, 0.6) is 5.75 Å². The van der Waals surface area contributed by atoms with Crippen LogP contribution in [0, 0.1) is 17.8 Å². The summed E-state index contributed by atoms with van der Waals surface area (Å²) in [4.78, 5) is 22.6. The highest BCUT2D eigenvalue weighted by atomic mass is 35.5. The number of carbonyl (C=O) groups is 2. The number of benzene rings is 1. The van der Waals surface area contributed by atoms with Crippen molar-refractivity contribution in [2.75, 3.05) is 11.9 Å². The van der Waals surface area contributed by atoms with E-state index in [9.17, 15) is 9.59 Å². The summed E-state index contributed by atoms with van der Waals surface area (Å²) in [5.41, 5.74) is 0.540. The van der Waals surface area contributed by atoms with E-state index in [2.05, 4.69) is 5.32 Å². The summed E-state index contributed by atoms with van der Waals surface area (Å²) in [5, 5.41) is 11.9. The average molecular weight is 312 g/mol. The van der Waals surface area contributed by atoms with Gasteiger partial charge in [0.05, 0.1) is 23.5 Å². The topological polar surface area (TPSA) is 75.6 Å². The van der Waals surface area contributed by atoms with Crippen molar-refractivity contribution in [3.63, 3.8) is 0 Å². The zero-order chi connectivity index (χ0) is 15.6. The van der Waals surface area contributed by atoms with Gasteiger partial charge in [-0.05, 0) is 30.5 Å². The molecule has 1 aliphatic carbocycles. The van der Waals surface area contributed by atoms with E-state index in [4.69, 9.17) is 21.4 Å². The summed E-state index contributed by atoms with van der Waals surface area (Å²) in [6.45, 7) is 4.64. The van der Waals surface area contributed by atoms with E-state index in [1.54, 1.807) is 18.2 Å². The summed E-state index contributed by atoms with van der Waals surface area (Å²) in [6.07, 6.45) is 0.393. The summed E-state index contributed by atoms with van der Waals surface area (Å²) < 4.78 is 5.54. The Morgan fingerprint density at radius 1 is 1.43 bits per heavy atom. The molecule has 0 saturated heterocycles. The first-order valence-electron chi connectivity index (χ1n) is 6.84. The fourth-order valence-corrected chi connectivity index (χ4v) is 2.18. The van der Waals surface area contributed by atoms with Crippen LogP contribution in [-0.4, -0.2) is 23.6 Å². The van der Waals surface area contributed by atoms with E-state index in [0.717, 1.165) is 0 Å². The lowest BCUT2D eigenvalue weighted by Crippen LogP contribution is -2.16. The first-order chi connectivity index (χ1) is 9.88. The molecule has 0 spiro atoms. The van der Waals surface area contributed by atoms with Gasteiger partial charge in [-0.3, -0.25) is 9.59 Å². The Balaban J connectivity index is 1.94. The normalized spacial score (nSPS) is 20.2. The van der Waals surface area contributed by atoms with Gasteiger partial charge in [-0.1, -0.05) is 25.4 Å². The number of aliphatic carboxylic acids is 1. The highest BCUT2D eigenvalue weighted by Gasteiger charge is 2.48. The lowest BCUT2D eigenvalue weighted by atomic mass is 10.2. The number of carbonyl (C=O) groups excluding carboxylic acids is 1. The van der Waals surface area contributed by atoms with Gasteiger partial charge in [0.15, 0.2) is 0 Å². The second-order valence-electron chi connectivity index (χ2n) is 5.63. The Hall–Kier alpha value is -1.75. The van der Waals surface area contributed by atoms with Crippen LogP contribution in [0.15, 0.2) is 18.2 Å². The number of carboxylic acid groups (broad SMARTS) is 1. The van der Waals surface area contributed by atoms with Crippen molar-refractivity contribution in [1.29, 1.82) is 0 Å². The molecule has 2 unspecified atom stereocenters. The number of halogens is 1. The molecule has 0 bridgehead atoms. The van der Waals surface area contributed by atoms with Crippen molar-refractivity contribution in [1.82, 2.24) is 0 Å².